The number of nitrogens with one attached hydrogen (secondary N) is 1. The van der Waals surface area contributed by atoms with E-state index in [-0.39, 0.29) is 17.9 Å². The summed E-state index contributed by atoms with van der Waals surface area (Å²) in [7, 11) is 1.65. The van der Waals surface area contributed by atoms with E-state index >= 15 is 0 Å². The molecule has 1 fully saturated rings. The minimum absolute atomic E-state index is 0.0396. The number of fused-ring (bicyclic) bond motifs is 1. The number of nitrogens with two attached hydrogens (primary N) is 1. The van der Waals surface area contributed by atoms with Crippen molar-refractivity contribution in [3.8, 4) is 0 Å². The third-order valence-corrected chi connectivity index (χ3v) is 6.91. The van der Waals surface area contributed by atoms with Gasteiger partial charge in [-0.2, -0.15) is 0 Å². The van der Waals surface area contributed by atoms with E-state index in [9.17, 15) is 9.59 Å². The van der Waals surface area contributed by atoms with Gasteiger partial charge in [0.25, 0.3) is 5.91 Å². The van der Waals surface area contributed by atoms with Gasteiger partial charge in [-0.05, 0) is 61.6 Å². The fourth-order valence-electron chi connectivity index (χ4n) is 5.16. The van der Waals surface area contributed by atoms with Crippen LogP contribution in [0.2, 0.25) is 0 Å². The Morgan fingerprint density at radius 3 is 2.73 bits per heavy atom. The van der Waals surface area contributed by atoms with Crippen LogP contribution in [0.1, 0.15) is 40.7 Å². The normalized spacial score (nSPS) is 19.1. The second-order valence-electron chi connectivity index (χ2n) is 9.50. The van der Waals surface area contributed by atoms with E-state index in [1.54, 1.807) is 19.2 Å². The molecular formula is C28H37N5O4. The van der Waals surface area contributed by atoms with Crippen LogP contribution in [0.4, 0.5) is 11.4 Å². The van der Waals surface area contributed by atoms with Gasteiger partial charge in [0.15, 0.2) is 6.29 Å². The third kappa shape index (κ3) is 5.95. The average molecular weight is 508 g/mol. The molecule has 2 heterocycles. The van der Waals surface area contributed by atoms with Gasteiger partial charge in [0, 0.05) is 25.8 Å². The van der Waals surface area contributed by atoms with Crippen LogP contribution in [-0.4, -0.2) is 67.5 Å². The summed E-state index contributed by atoms with van der Waals surface area (Å²) in [5.74, 6) is 6.17. The SMILES string of the molecule is C=CC(=O)N1CCCC[C@@H](N2c3c(C)cc(COCCOC)cc3NC2N(N)C(=O)c2ccccc2)C1. The van der Waals surface area contributed by atoms with Crippen molar-refractivity contribution in [1.82, 2.24) is 9.91 Å². The predicted molar refractivity (Wildman–Crippen MR) is 144 cm³/mol. The number of nitrogens with zero attached hydrogens (tertiary/aromatic N) is 3. The average Bonchev–Trinajstić information content (AvgIpc) is 3.13. The molecule has 0 saturated carbocycles. The zero-order valence-electron chi connectivity index (χ0n) is 21.7. The number of carbonyl (C=O) groups excluding carboxylic acids is 2. The number of amides is 2. The standard InChI is InChI=1S/C28H37N5O4/c1-4-25(34)31-13-9-8-12-23(18-31)32-26-20(2)16-21(19-37-15-14-36-3)17-24(26)30-28(32)33(29)27(35)22-10-6-5-7-11-22/h4-7,10-11,16-17,23,28,30H,1,8-9,12-15,18-19,29H2,2-3H3/t23-,28?/m1/s1. The number of likely N-dealkylation sites (tertiary alicyclic amines) is 1. The van der Waals surface area contributed by atoms with Gasteiger partial charge in [0.05, 0.1) is 37.2 Å². The predicted octanol–water partition coefficient (Wildman–Crippen LogP) is 3.26. The Labute approximate surface area is 218 Å². The van der Waals surface area contributed by atoms with Gasteiger partial charge >= 0.3 is 0 Å². The molecule has 9 nitrogen and oxygen atoms in total. The number of hydrogen-bond acceptors (Lipinski definition) is 7. The van der Waals surface area contributed by atoms with Crippen LogP contribution in [0.25, 0.3) is 0 Å². The highest BCUT2D eigenvalue weighted by Crippen LogP contribution is 2.42. The van der Waals surface area contributed by atoms with Gasteiger partial charge in [0.2, 0.25) is 5.91 Å². The second-order valence-corrected chi connectivity index (χ2v) is 9.50. The number of ether oxygens (including phenoxy) is 2. The number of hydrogen-bond donors (Lipinski definition) is 2. The zero-order valence-corrected chi connectivity index (χ0v) is 21.7. The Bertz CT molecular complexity index is 1110. The molecular weight excluding hydrogens is 470 g/mol. The monoisotopic (exact) mass is 507 g/mol. The van der Waals surface area contributed by atoms with Crippen LogP contribution in [-0.2, 0) is 20.9 Å². The van der Waals surface area contributed by atoms with Crippen LogP contribution < -0.4 is 16.1 Å². The lowest BCUT2D eigenvalue weighted by Gasteiger charge is -2.40. The Morgan fingerprint density at radius 1 is 1.22 bits per heavy atom. The lowest BCUT2D eigenvalue weighted by Crippen LogP contribution is -2.60. The van der Waals surface area contributed by atoms with Crippen molar-refractivity contribution in [2.75, 3.05) is 43.6 Å². The first-order valence-electron chi connectivity index (χ1n) is 12.7. The second kappa shape index (κ2) is 12.2. The van der Waals surface area contributed by atoms with Gasteiger partial charge in [0.1, 0.15) is 0 Å². The number of anilines is 2. The van der Waals surface area contributed by atoms with Crippen LogP contribution >= 0.6 is 0 Å². The zero-order chi connectivity index (χ0) is 26.4. The van der Waals surface area contributed by atoms with E-state index in [1.165, 1.54) is 11.1 Å². The number of aryl methyl sites for hydroxylation is 1. The summed E-state index contributed by atoms with van der Waals surface area (Å²) in [5, 5.41) is 4.75. The molecule has 2 aromatic rings. The summed E-state index contributed by atoms with van der Waals surface area (Å²) in [6.07, 6.45) is 3.50. The summed E-state index contributed by atoms with van der Waals surface area (Å²) in [5.41, 5.74) is 4.44. The summed E-state index contributed by atoms with van der Waals surface area (Å²) >= 11 is 0. The van der Waals surface area contributed by atoms with Crippen molar-refractivity contribution in [2.45, 2.75) is 45.1 Å². The van der Waals surface area contributed by atoms with Crippen molar-refractivity contribution < 1.29 is 19.1 Å². The Hall–Kier alpha value is -3.40. The minimum atomic E-state index is -0.616. The van der Waals surface area contributed by atoms with Crippen molar-refractivity contribution in [3.05, 3.63) is 71.8 Å². The van der Waals surface area contributed by atoms with Crippen LogP contribution in [0, 0.1) is 6.92 Å². The third-order valence-electron chi connectivity index (χ3n) is 6.91. The van der Waals surface area contributed by atoms with E-state index in [0.717, 1.165) is 41.8 Å². The molecule has 1 saturated heterocycles. The van der Waals surface area contributed by atoms with Crippen LogP contribution in [0.3, 0.4) is 0 Å². The van der Waals surface area contributed by atoms with E-state index in [4.69, 9.17) is 15.3 Å². The summed E-state index contributed by atoms with van der Waals surface area (Å²) < 4.78 is 10.8. The number of methoxy groups -OCH3 is 1. The minimum Gasteiger partial charge on any atom is -0.382 e. The van der Waals surface area contributed by atoms with Crippen molar-refractivity contribution in [3.63, 3.8) is 0 Å². The van der Waals surface area contributed by atoms with Crippen LogP contribution in [0.5, 0.6) is 0 Å². The van der Waals surface area contributed by atoms with Gasteiger partial charge in [-0.15, -0.1) is 0 Å². The molecule has 3 N–H and O–H groups in total. The maximum absolute atomic E-state index is 13.4. The molecule has 0 aliphatic carbocycles. The number of rotatable bonds is 9. The first kappa shape index (κ1) is 26.7. The molecule has 0 radical (unpaired) electrons. The first-order chi connectivity index (χ1) is 17.9. The highest BCUT2D eigenvalue weighted by molar-refractivity contribution is 5.95. The molecule has 2 aromatic carbocycles. The molecule has 4 rings (SSSR count). The smallest absolute Gasteiger partial charge is 0.271 e. The van der Waals surface area contributed by atoms with E-state index in [0.29, 0.717) is 38.5 Å². The van der Waals surface area contributed by atoms with E-state index < -0.39 is 6.29 Å². The molecule has 1 unspecified atom stereocenters. The molecule has 0 aromatic heterocycles. The largest absolute Gasteiger partial charge is 0.382 e. The lowest BCUT2D eigenvalue weighted by atomic mass is 10.0. The van der Waals surface area contributed by atoms with Gasteiger partial charge in [-0.3, -0.25) is 9.59 Å². The summed E-state index contributed by atoms with van der Waals surface area (Å²) in [4.78, 5) is 29.9. The van der Waals surface area contributed by atoms with Gasteiger partial charge < -0.3 is 24.6 Å². The molecule has 9 heteroatoms. The summed E-state index contributed by atoms with van der Waals surface area (Å²) in [6, 6.07) is 13.1. The number of carbonyl (C=O) groups is 2. The number of benzene rings is 2. The van der Waals surface area contributed by atoms with Crippen molar-refractivity contribution in [1.29, 1.82) is 0 Å². The Morgan fingerprint density at radius 2 is 2.00 bits per heavy atom. The summed E-state index contributed by atoms with van der Waals surface area (Å²) in [6.45, 7) is 8.43. The fourth-order valence-corrected chi connectivity index (χ4v) is 5.16. The maximum atomic E-state index is 13.4. The molecule has 37 heavy (non-hydrogen) atoms. The molecule has 0 spiro atoms. The van der Waals surface area contributed by atoms with E-state index in [1.807, 2.05) is 29.2 Å². The highest BCUT2D eigenvalue weighted by atomic mass is 16.5. The van der Waals surface area contributed by atoms with E-state index in [2.05, 4.69) is 29.8 Å². The molecule has 2 aliphatic rings. The first-order valence-corrected chi connectivity index (χ1v) is 12.7. The van der Waals surface area contributed by atoms with Gasteiger partial charge in [-0.1, -0.05) is 30.8 Å². The van der Waals surface area contributed by atoms with Gasteiger partial charge in [-0.25, -0.2) is 10.9 Å². The quantitative estimate of drug-likeness (QED) is 0.177. The molecule has 2 aliphatic heterocycles. The number of hydrazine groups is 1. The lowest BCUT2D eigenvalue weighted by molar-refractivity contribution is -0.126. The molecule has 0 bridgehead atoms. The van der Waals surface area contributed by atoms with Crippen molar-refractivity contribution in [2.24, 2.45) is 5.84 Å². The van der Waals surface area contributed by atoms with Crippen molar-refractivity contribution >= 4 is 23.2 Å². The molecule has 198 valence electrons. The highest BCUT2D eigenvalue weighted by Gasteiger charge is 2.41. The Kier molecular flexibility index (Phi) is 8.81. The molecule has 2 atom stereocenters. The van der Waals surface area contributed by atoms with Crippen LogP contribution in [0.15, 0.2) is 55.1 Å². The maximum Gasteiger partial charge on any atom is 0.271 e. The molecule has 2 amide bonds. The Balaban J connectivity index is 1.68. The topological polar surface area (TPSA) is 100 Å². The fraction of sp³-hybridized carbons (Fsp3) is 0.429.